The highest BCUT2D eigenvalue weighted by atomic mass is 35.5. The second kappa shape index (κ2) is 5.75. The minimum Gasteiger partial charge on any atom is -0.397 e. The predicted octanol–water partition coefficient (Wildman–Crippen LogP) is 4.03. The fraction of sp³-hybridized carbons (Fsp3) is 0.143. The molecular formula is C14H14Cl2N2O2S. The van der Waals surface area contributed by atoms with Gasteiger partial charge in [-0.05, 0) is 42.8 Å². The van der Waals surface area contributed by atoms with E-state index in [1.165, 1.54) is 12.1 Å². The SMILES string of the molecule is Cc1cc(Cl)c(Nc2ccc(S(C)(=O)=O)cc2N)cc1Cl. The van der Waals surface area contributed by atoms with Gasteiger partial charge in [0.15, 0.2) is 9.84 Å². The molecule has 3 N–H and O–H groups in total. The minimum atomic E-state index is -3.29. The van der Waals surface area contributed by atoms with Crippen LogP contribution < -0.4 is 11.1 Å². The third-order valence-corrected chi connectivity index (χ3v) is 4.80. The van der Waals surface area contributed by atoms with E-state index in [1.54, 1.807) is 18.2 Å². The largest absolute Gasteiger partial charge is 0.397 e. The average molecular weight is 345 g/mol. The summed E-state index contributed by atoms with van der Waals surface area (Å²) in [7, 11) is -3.29. The quantitative estimate of drug-likeness (QED) is 0.824. The number of halogens is 2. The molecule has 2 aromatic rings. The molecule has 21 heavy (non-hydrogen) atoms. The third kappa shape index (κ3) is 3.61. The molecule has 0 atom stereocenters. The van der Waals surface area contributed by atoms with E-state index in [4.69, 9.17) is 28.9 Å². The van der Waals surface area contributed by atoms with E-state index in [9.17, 15) is 8.42 Å². The number of nitrogen functional groups attached to an aromatic ring is 1. The molecule has 0 spiro atoms. The summed E-state index contributed by atoms with van der Waals surface area (Å²) in [6.07, 6.45) is 1.13. The first-order valence-electron chi connectivity index (χ1n) is 6.01. The van der Waals surface area contributed by atoms with Crippen molar-refractivity contribution in [2.45, 2.75) is 11.8 Å². The Labute approximate surface area is 133 Å². The molecule has 0 aliphatic heterocycles. The van der Waals surface area contributed by atoms with E-state index in [1.807, 2.05) is 6.92 Å². The average Bonchev–Trinajstić information content (AvgIpc) is 2.36. The lowest BCUT2D eigenvalue weighted by Gasteiger charge is -2.13. The number of nitrogens with two attached hydrogens (primary N) is 1. The van der Waals surface area contributed by atoms with Crippen molar-refractivity contribution in [2.24, 2.45) is 0 Å². The molecule has 112 valence electrons. The lowest BCUT2D eigenvalue weighted by molar-refractivity contribution is 0.602. The number of anilines is 3. The van der Waals surface area contributed by atoms with Gasteiger partial charge in [0.1, 0.15) is 0 Å². The molecule has 0 heterocycles. The molecule has 0 bridgehead atoms. The first kappa shape index (κ1) is 15.9. The molecule has 0 aliphatic carbocycles. The molecule has 2 aromatic carbocycles. The zero-order chi connectivity index (χ0) is 15.8. The number of hydrogen-bond acceptors (Lipinski definition) is 4. The highest BCUT2D eigenvalue weighted by molar-refractivity contribution is 7.90. The Morgan fingerprint density at radius 3 is 2.29 bits per heavy atom. The summed E-state index contributed by atoms with van der Waals surface area (Å²) < 4.78 is 23.0. The summed E-state index contributed by atoms with van der Waals surface area (Å²) in [6.45, 7) is 1.85. The van der Waals surface area contributed by atoms with Gasteiger partial charge in [-0.25, -0.2) is 8.42 Å². The molecule has 0 aliphatic rings. The molecule has 0 fully saturated rings. The van der Waals surface area contributed by atoms with Crippen molar-refractivity contribution in [3.05, 3.63) is 45.9 Å². The monoisotopic (exact) mass is 344 g/mol. The second-order valence-electron chi connectivity index (χ2n) is 4.73. The van der Waals surface area contributed by atoms with Crippen LogP contribution in [0.15, 0.2) is 35.2 Å². The molecule has 7 heteroatoms. The Hall–Kier alpha value is -1.43. The molecule has 0 saturated carbocycles. The van der Waals surface area contributed by atoms with Crippen LogP contribution in [0.4, 0.5) is 17.1 Å². The van der Waals surface area contributed by atoms with Crippen molar-refractivity contribution in [3.8, 4) is 0 Å². The number of sulfone groups is 1. The third-order valence-electron chi connectivity index (χ3n) is 2.97. The number of hydrogen-bond donors (Lipinski definition) is 2. The lowest BCUT2D eigenvalue weighted by Crippen LogP contribution is -2.02. The van der Waals surface area contributed by atoms with Gasteiger partial charge >= 0.3 is 0 Å². The lowest BCUT2D eigenvalue weighted by atomic mass is 10.2. The molecule has 4 nitrogen and oxygen atoms in total. The molecule has 0 saturated heterocycles. The van der Waals surface area contributed by atoms with Gasteiger partial charge in [0.25, 0.3) is 0 Å². The standard InChI is InChI=1S/C14H14Cl2N2O2S/c1-8-5-11(16)14(7-10(8)15)18-13-4-3-9(6-12(13)17)21(2,19)20/h3-7,18H,17H2,1-2H3. The van der Waals surface area contributed by atoms with E-state index >= 15 is 0 Å². The number of rotatable bonds is 3. The molecular weight excluding hydrogens is 331 g/mol. The molecule has 0 amide bonds. The van der Waals surface area contributed by atoms with Gasteiger partial charge in [-0.1, -0.05) is 23.2 Å². The first-order valence-corrected chi connectivity index (χ1v) is 8.65. The van der Waals surface area contributed by atoms with Gasteiger partial charge in [-0.15, -0.1) is 0 Å². The maximum absolute atomic E-state index is 11.5. The molecule has 0 radical (unpaired) electrons. The van der Waals surface area contributed by atoms with E-state index in [-0.39, 0.29) is 4.90 Å². The minimum absolute atomic E-state index is 0.165. The summed E-state index contributed by atoms with van der Waals surface area (Å²) in [5.41, 5.74) is 8.22. The fourth-order valence-corrected chi connectivity index (χ4v) is 2.86. The van der Waals surface area contributed by atoms with Crippen LogP contribution in [0.5, 0.6) is 0 Å². The molecule has 2 rings (SSSR count). The van der Waals surface area contributed by atoms with Crippen LogP contribution in [0.3, 0.4) is 0 Å². The Bertz CT molecular complexity index is 805. The van der Waals surface area contributed by atoms with Crippen molar-refractivity contribution in [1.29, 1.82) is 0 Å². The van der Waals surface area contributed by atoms with Crippen LogP contribution in [-0.2, 0) is 9.84 Å². The summed E-state index contributed by atoms with van der Waals surface area (Å²) in [4.78, 5) is 0.165. The number of nitrogens with one attached hydrogen (secondary N) is 1. The van der Waals surface area contributed by atoms with Crippen molar-refractivity contribution in [1.82, 2.24) is 0 Å². The van der Waals surface area contributed by atoms with Crippen LogP contribution in [0.2, 0.25) is 10.0 Å². The maximum Gasteiger partial charge on any atom is 0.175 e. The zero-order valence-corrected chi connectivity index (χ0v) is 13.8. The summed E-state index contributed by atoms with van der Waals surface area (Å²) >= 11 is 12.2. The van der Waals surface area contributed by atoms with Crippen molar-refractivity contribution >= 4 is 50.1 Å². The van der Waals surface area contributed by atoms with E-state index in [0.717, 1.165) is 11.8 Å². The Morgan fingerprint density at radius 2 is 1.71 bits per heavy atom. The highest BCUT2D eigenvalue weighted by Crippen LogP contribution is 2.33. The summed E-state index contributed by atoms with van der Waals surface area (Å²) in [5.74, 6) is 0. The van der Waals surface area contributed by atoms with Crippen LogP contribution in [0.1, 0.15) is 5.56 Å². The van der Waals surface area contributed by atoms with Crippen LogP contribution >= 0.6 is 23.2 Å². The number of aryl methyl sites for hydroxylation is 1. The van der Waals surface area contributed by atoms with Gasteiger partial charge < -0.3 is 11.1 Å². The van der Waals surface area contributed by atoms with Crippen LogP contribution in [0.25, 0.3) is 0 Å². The Kier molecular flexibility index (Phi) is 4.37. The molecule has 0 unspecified atom stereocenters. The van der Waals surface area contributed by atoms with Gasteiger partial charge in [0, 0.05) is 11.3 Å². The highest BCUT2D eigenvalue weighted by Gasteiger charge is 2.11. The first-order chi connectivity index (χ1) is 9.68. The van der Waals surface area contributed by atoms with Crippen LogP contribution in [0, 0.1) is 6.92 Å². The topological polar surface area (TPSA) is 72.2 Å². The van der Waals surface area contributed by atoms with Gasteiger partial charge in [0.05, 0.1) is 27.0 Å². The van der Waals surface area contributed by atoms with Crippen molar-refractivity contribution < 1.29 is 8.42 Å². The zero-order valence-electron chi connectivity index (χ0n) is 11.4. The van der Waals surface area contributed by atoms with Crippen molar-refractivity contribution in [3.63, 3.8) is 0 Å². The summed E-state index contributed by atoms with van der Waals surface area (Å²) in [5, 5.41) is 4.13. The Balaban J connectivity index is 2.39. The molecule has 0 aromatic heterocycles. The predicted molar refractivity (Wildman–Crippen MR) is 88.4 cm³/mol. The Morgan fingerprint density at radius 1 is 1.05 bits per heavy atom. The van der Waals surface area contributed by atoms with E-state index in [2.05, 4.69) is 5.32 Å². The van der Waals surface area contributed by atoms with E-state index in [0.29, 0.717) is 27.1 Å². The number of benzene rings is 2. The van der Waals surface area contributed by atoms with E-state index < -0.39 is 9.84 Å². The van der Waals surface area contributed by atoms with Crippen molar-refractivity contribution in [2.75, 3.05) is 17.3 Å². The summed E-state index contributed by atoms with van der Waals surface area (Å²) in [6, 6.07) is 7.92. The smallest absolute Gasteiger partial charge is 0.175 e. The van der Waals surface area contributed by atoms with Crippen LogP contribution in [-0.4, -0.2) is 14.7 Å². The van der Waals surface area contributed by atoms with Gasteiger partial charge in [0.2, 0.25) is 0 Å². The van der Waals surface area contributed by atoms with Gasteiger partial charge in [-0.3, -0.25) is 0 Å². The maximum atomic E-state index is 11.5. The fourth-order valence-electron chi connectivity index (χ4n) is 1.77. The van der Waals surface area contributed by atoms with Gasteiger partial charge in [-0.2, -0.15) is 0 Å². The normalized spacial score (nSPS) is 11.4. The second-order valence-corrected chi connectivity index (χ2v) is 7.56.